The molecule has 1 aromatic carbocycles. The summed E-state index contributed by atoms with van der Waals surface area (Å²) in [5, 5.41) is 11.8. The fourth-order valence-electron chi connectivity index (χ4n) is 1.74. The highest BCUT2D eigenvalue weighted by molar-refractivity contribution is 7.21. The van der Waals surface area contributed by atoms with E-state index in [-0.39, 0.29) is 24.9 Å². The SMILES string of the molecule is Nc1c(C(=O)NCCOCCO)sc2ccc(F)cc12. The highest BCUT2D eigenvalue weighted by Gasteiger charge is 2.16. The highest BCUT2D eigenvalue weighted by Crippen LogP contribution is 2.33. The zero-order valence-electron chi connectivity index (χ0n) is 10.7. The predicted octanol–water partition coefficient (Wildman–Crippen LogP) is 1.36. The van der Waals surface area contributed by atoms with Gasteiger partial charge in [0.1, 0.15) is 10.7 Å². The average molecular weight is 298 g/mol. The molecule has 4 N–H and O–H groups in total. The first kappa shape index (κ1) is 14.7. The number of carbonyl (C=O) groups excluding carboxylic acids is 1. The Morgan fingerprint density at radius 2 is 2.25 bits per heavy atom. The summed E-state index contributed by atoms with van der Waals surface area (Å²) in [6.45, 7) is 0.815. The second-order valence-electron chi connectivity index (χ2n) is 4.08. The maximum absolute atomic E-state index is 13.2. The molecule has 0 aliphatic rings. The number of amides is 1. The number of nitrogens with one attached hydrogen (secondary N) is 1. The van der Waals surface area contributed by atoms with Crippen molar-refractivity contribution in [1.29, 1.82) is 0 Å². The molecule has 7 heteroatoms. The molecule has 0 atom stereocenters. The molecule has 0 saturated carbocycles. The number of ether oxygens (including phenoxy) is 1. The lowest BCUT2D eigenvalue weighted by Crippen LogP contribution is -2.27. The summed E-state index contributed by atoms with van der Waals surface area (Å²) in [6.07, 6.45) is 0. The van der Waals surface area contributed by atoms with Crippen molar-refractivity contribution in [2.24, 2.45) is 0 Å². The lowest BCUT2D eigenvalue weighted by Gasteiger charge is -2.04. The van der Waals surface area contributed by atoms with Gasteiger partial charge in [-0.05, 0) is 18.2 Å². The van der Waals surface area contributed by atoms with E-state index in [1.54, 1.807) is 6.07 Å². The van der Waals surface area contributed by atoms with E-state index in [0.717, 1.165) is 4.70 Å². The van der Waals surface area contributed by atoms with Gasteiger partial charge in [-0.2, -0.15) is 0 Å². The van der Waals surface area contributed by atoms with Gasteiger partial charge in [-0.25, -0.2) is 4.39 Å². The van der Waals surface area contributed by atoms with Crippen LogP contribution in [0.5, 0.6) is 0 Å². The van der Waals surface area contributed by atoms with E-state index >= 15 is 0 Å². The molecule has 1 heterocycles. The number of nitrogen functional groups attached to an aromatic ring is 1. The van der Waals surface area contributed by atoms with Crippen molar-refractivity contribution in [3.8, 4) is 0 Å². The van der Waals surface area contributed by atoms with Crippen LogP contribution in [0.2, 0.25) is 0 Å². The lowest BCUT2D eigenvalue weighted by atomic mass is 10.2. The van der Waals surface area contributed by atoms with Gasteiger partial charge >= 0.3 is 0 Å². The number of nitrogens with two attached hydrogens (primary N) is 1. The van der Waals surface area contributed by atoms with Crippen LogP contribution in [0.1, 0.15) is 9.67 Å². The molecule has 2 rings (SSSR count). The standard InChI is InChI=1S/C13H15FN2O3S/c14-8-1-2-10-9(7-8)11(15)12(20-10)13(18)16-3-5-19-6-4-17/h1-2,7,17H,3-6,15H2,(H,16,18). The van der Waals surface area contributed by atoms with Crippen LogP contribution in [0, 0.1) is 5.82 Å². The normalized spacial score (nSPS) is 10.9. The zero-order chi connectivity index (χ0) is 14.5. The molecule has 0 bridgehead atoms. The number of fused-ring (bicyclic) bond motifs is 1. The van der Waals surface area contributed by atoms with E-state index in [2.05, 4.69) is 5.32 Å². The minimum Gasteiger partial charge on any atom is -0.397 e. The van der Waals surface area contributed by atoms with Crippen LogP contribution in [-0.4, -0.2) is 37.4 Å². The number of hydrogen-bond acceptors (Lipinski definition) is 5. The molecule has 0 aliphatic heterocycles. The topological polar surface area (TPSA) is 84.6 Å². The first-order valence-corrected chi connectivity index (χ1v) is 6.89. The Morgan fingerprint density at radius 3 is 3.00 bits per heavy atom. The molecule has 5 nitrogen and oxygen atoms in total. The minimum absolute atomic E-state index is 0.0528. The summed E-state index contributed by atoms with van der Waals surface area (Å²) >= 11 is 1.22. The van der Waals surface area contributed by atoms with Crippen molar-refractivity contribution in [2.75, 3.05) is 32.1 Å². The summed E-state index contributed by atoms with van der Waals surface area (Å²) in [5.74, 6) is -0.692. The third-order valence-corrected chi connectivity index (χ3v) is 3.85. The summed E-state index contributed by atoms with van der Waals surface area (Å²) in [5.41, 5.74) is 6.17. The van der Waals surface area contributed by atoms with Crippen molar-refractivity contribution in [2.45, 2.75) is 0 Å². The highest BCUT2D eigenvalue weighted by atomic mass is 32.1. The number of carbonyl (C=O) groups is 1. The first-order chi connectivity index (χ1) is 9.63. The van der Waals surface area contributed by atoms with Crippen molar-refractivity contribution in [3.63, 3.8) is 0 Å². The van der Waals surface area contributed by atoms with E-state index in [1.165, 1.54) is 23.5 Å². The molecule has 0 fully saturated rings. The molecular formula is C13H15FN2O3S. The Morgan fingerprint density at radius 1 is 1.45 bits per heavy atom. The number of halogens is 1. The van der Waals surface area contributed by atoms with Gasteiger partial charge in [-0.3, -0.25) is 4.79 Å². The number of thiophene rings is 1. The third-order valence-electron chi connectivity index (χ3n) is 2.66. The number of aliphatic hydroxyl groups excluding tert-OH is 1. The van der Waals surface area contributed by atoms with Crippen molar-refractivity contribution < 1.29 is 19.0 Å². The largest absolute Gasteiger partial charge is 0.397 e. The van der Waals surface area contributed by atoms with Crippen LogP contribution in [0.25, 0.3) is 10.1 Å². The van der Waals surface area contributed by atoms with Crippen LogP contribution < -0.4 is 11.1 Å². The van der Waals surface area contributed by atoms with Gasteiger partial charge in [0.2, 0.25) is 0 Å². The lowest BCUT2D eigenvalue weighted by molar-refractivity contribution is 0.0841. The molecule has 0 saturated heterocycles. The fraction of sp³-hybridized carbons (Fsp3) is 0.308. The van der Waals surface area contributed by atoms with Gasteiger partial charge in [0, 0.05) is 16.6 Å². The van der Waals surface area contributed by atoms with Crippen molar-refractivity contribution in [3.05, 3.63) is 28.9 Å². The first-order valence-electron chi connectivity index (χ1n) is 6.08. The average Bonchev–Trinajstić information content (AvgIpc) is 2.76. The number of benzene rings is 1. The predicted molar refractivity (Wildman–Crippen MR) is 76.4 cm³/mol. The van der Waals surface area contributed by atoms with Crippen LogP contribution in [0.4, 0.5) is 10.1 Å². The zero-order valence-corrected chi connectivity index (χ0v) is 11.5. The number of anilines is 1. The molecule has 1 amide bonds. The van der Waals surface area contributed by atoms with Crippen LogP contribution >= 0.6 is 11.3 Å². The van der Waals surface area contributed by atoms with Gasteiger partial charge in [-0.1, -0.05) is 0 Å². The maximum atomic E-state index is 13.2. The van der Waals surface area contributed by atoms with Gasteiger partial charge < -0.3 is 20.9 Å². The summed E-state index contributed by atoms with van der Waals surface area (Å²) < 4.78 is 19.0. The smallest absolute Gasteiger partial charge is 0.263 e. The molecule has 20 heavy (non-hydrogen) atoms. The number of hydrogen-bond donors (Lipinski definition) is 3. The monoisotopic (exact) mass is 298 g/mol. The fourth-order valence-corrected chi connectivity index (χ4v) is 2.76. The Hall–Kier alpha value is -1.70. The summed E-state index contributed by atoms with van der Waals surface area (Å²) in [6, 6.07) is 4.26. The van der Waals surface area contributed by atoms with Crippen LogP contribution in [0.3, 0.4) is 0 Å². The second kappa shape index (κ2) is 6.65. The van der Waals surface area contributed by atoms with E-state index < -0.39 is 0 Å². The molecule has 0 unspecified atom stereocenters. The Balaban J connectivity index is 2.05. The summed E-state index contributed by atoms with van der Waals surface area (Å²) in [7, 11) is 0. The molecule has 0 aliphatic carbocycles. The van der Waals surface area contributed by atoms with E-state index in [4.69, 9.17) is 15.6 Å². The van der Waals surface area contributed by atoms with E-state index in [1.807, 2.05) is 0 Å². The Bertz CT molecular complexity index is 615. The van der Waals surface area contributed by atoms with Gasteiger partial charge in [0.25, 0.3) is 5.91 Å². The van der Waals surface area contributed by atoms with Crippen LogP contribution in [0.15, 0.2) is 18.2 Å². The minimum atomic E-state index is -0.383. The third kappa shape index (κ3) is 3.24. The quantitative estimate of drug-likeness (QED) is 0.703. The Kier molecular flexibility index (Phi) is 4.89. The van der Waals surface area contributed by atoms with Crippen molar-refractivity contribution in [1.82, 2.24) is 5.32 Å². The molecular weight excluding hydrogens is 283 g/mol. The molecule has 0 radical (unpaired) electrons. The van der Waals surface area contributed by atoms with Crippen LogP contribution in [-0.2, 0) is 4.74 Å². The van der Waals surface area contributed by atoms with E-state index in [9.17, 15) is 9.18 Å². The molecule has 108 valence electrons. The van der Waals surface area contributed by atoms with Gasteiger partial charge in [0.05, 0.1) is 25.5 Å². The van der Waals surface area contributed by atoms with E-state index in [0.29, 0.717) is 29.1 Å². The van der Waals surface area contributed by atoms with Gasteiger partial charge in [-0.15, -0.1) is 11.3 Å². The molecule has 2 aromatic rings. The van der Waals surface area contributed by atoms with Crippen molar-refractivity contribution >= 4 is 33.0 Å². The summed E-state index contributed by atoms with van der Waals surface area (Å²) in [4.78, 5) is 12.3. The Labute approximate surface area is 119 Å². The molecule has 1 aromatic heterocycles. The number of rotatable bonds is 6. The van der Waals surface area contributed by atoms with Gasteiger partial charge in [0.15, 0.2) is 0 Å². The number of aliphatic hydroxyl groups is 1. The molecule has 0 spiro atoms. The maximum Gasteiger partial charge on any atom is 0.263 e. The second-order valence-corrected chi connectivity index (χ2v) is 5.13.